The van der Waals surface area contributed by atoms with Crippen LogP contribution in [-0.4, -0.2) is 9.97 Å². The van der Waals surface area contributed by atoms with Gasteiger partial charge in [0.05, 0.1) is 28.2 Å². The van der Waals surface area contributed by atoms with E-state index in [4.69, 9.17) is 9.97 Å². The summed E-state index contributed by atoms with van der Waals surface area (Å²) in [4.78, 5) is 18.0. The molecule has 3 nitrogen and oxygen atoms in total. The molecule has 0 bridgehead atoms. The lowest BCUT2D eigenvalue weighted by Crippen LogP contribution is -2.32. The second-order valence-electron chi connectivity index (χ2n) is 14.9. The average molecular weight is 776 g/mol. The smallest absolute Gasteiger partial charge is 0.160 e. The third-order valence-corrected chi connectivity index (χ3v) is 14.0. The minimum absolute atomic E-state index is 0.460. The first-order valence-corrected chi connectivity index (χ1v) is 21.2. The summed E-state index contributed by atoms with van der Waals surface area (Å²) in [6, 6.07) is 72.5. The fraction of sp³-hybridized carbons (Fsp3) is 0.0189. The van der Waals surface area contributed by atoms with E-state index in [-0.39, 0.29) is 0 Å². The van der Waals surface area contributed by atoms with E-state index in [2.05, 4.69) is 199 Å². The van der Waals surface area contributed by atoms with Crippen LogP contribution in [-0.2, 0) is 5.41 Å². The van der Waals surface area contributed by atoms with E-state index in [1.807, 2.05) is 29.6 Å². The van der Waals surface area contributed by atoms with Gasteiger partial charge in [-0.15, -0.1) is 0 Å². The molecule has 2 aliphatic heterocycles. The van der Waals surface area contributed by atoms with Crippen LogP contribution in [0.1, 0.15) is 22.3 Å². The zero-order valence-electron chi connectivity index (χ0n) is 31.2. The molecule has 1 aromatic heterocycles. The van der Waals surface area contributed by atoms with E-state index in [1.165, 1.54) is 64.3 Å². The Bertz CT molecular complexity index is 2990. The molecule has 0 atom stereocenters. The molecule has 0 amide bonds. The first-order valence-electron chi connectivity index (χ1n) is 19.6. The lowest BCUT2D eigenvalue weighted by atomic mass is 9.67. The van der Waals surface area contributed by atoms with Gasteiger partial charge in [-0.3, -0.25) is 0 Å². The molecule has 3 aliphatic rings. The normalized spacial score (nSPS) is 13.8. The van der Waals surface area contributed by atoms with Gasteiger partial charge in [0.2, 0.25) is 0 Å². The Morgan fingerprint density at radius 1 is 0.362 bits per heavy atom. The van der Waals surface area contributed by atoms with Crippen LogP contribution in [0.3, 0.4) is 0 Å². The van der Waals surface area contributed by atoms with E-state index >= 15 is 0 Å². The van der Waals surface area contributed by atoms with Crippen molar-refractivity contribution < 1.29 is 0 Å². The molecule has 1 aliphatic carbocycles. The third-order valence-electron chi connectivity index (χ3n) is 11.8. The van der Waals surface area contributed by atoms with Gasteiger partial charge in [0.1, 0.15) is 0 Å². The van der Waals surface area contributed by atoms with E-state index < -0.39 is 5.41 Å². The highest BCUT2D eigenvalue weighted by molar-refractivity contribution is 8.00. The number of hydrogen-bond acceptors (Lipinski definition) is 5. The van der Waals surface area contributed by atoms with Crippen molar-refractivity contribution in [2.75, 3.05) is 4.90 Å². The molecule has 272 valence electrons. The highest BCUT2D eigenvalue weighted by atomic mass is 32.2. The molecular weight excluding hydrogens is 743 g/mol. The molecule has 1 spiro atoms. The summed E-state index contributed by atoms with van der Waals surface area (Å²) in [5.74, 6) is 0.705. The molecular formula is C53H33N3S2. The molecule has 8 aromatic carbocycles. The van der Waals surface area contributed by atoms with Gasteiger partial charge in [0.25, 0.3) is 0 Å². The predicted octanol–water partition coefficient (Wildman–Crippen LogP) is 14.2. The van der Waals surface area contributed by atoms with Gasteiger partial charge in [-0.05, 0) is 94.0 Å². The van der Waals surface area contributed by atoms with Crippen molar-refractivity contribution in [3.8, 4) is 45.0 Å². The fourth-order valence-electron chi connectivity index (χ4n) is 9.24. The van der Waals surface area contributed by atoms with E-state index in [0.717, 1.165) is 33.8 Å². The van der Waals surface area contributed by atoms with Gasteiger partial charge in [-0.1, -0.05) is 163 Å². The molecule has 3 heterocycles. The predicted molar refractivity (Wildman–Crippen MR) is 239 cm³/mol. The maximum Gasteiger partial charge on any atom is 0.160 e. The second kappa shape index (κ2) is 13.2. The van der Waals surface area contributed by atoms with Crippen molar-refractivity contribution in [1.29, 1.82) is 0 Å². The van der Waals surface area contributed by atoms with Crippen LogP contribution >= 0.6 is 23.5 Å². The van der Waals surface area contributed by atoms with Gasteiger partial charge in [-0.2, -0.15) is 0 Å². The zero-order valence-corrected chi connectivity index (χ0v) is 32.8. The topological polar surface area (TPSA) is 29.0 Å². The standard InChI is InChI=1S/C53H33N3S2/c1-2-14-35(15-3-1)52-54-44(34-26-29-37(30-27-34)56-46-21-9-12-24-50(46)58-51-25-13-10-22-47(51)56)33-45(55-52)36-28-31-49-43(32-36)53(42-20-8-11-23-48(42)57-49)40-18-6-4-16-38(40)39-17-5-7-19-41(39)53/h1-33H. The summed E-state index contributed by atoms with van der Waals surface area (Å²) in [7, 11) is 0. The summed E-state index contributed by atoms with van der Waals surface area (Å²) in [5.41, 5.74) is 15.8. The SMILES string of the molecule is c1ccc(-c2nc(-c3ccc(N4c5ccccc5Sc5ccccc54)cc3)cc(-c3ccc4c(c3)C3(c5ccccc5S4)c4ccccc4-c4ccccc43)n2)cc1. The maximum absolute atomic E-state index is 5.31. The van der Waals surface area contributed by atoms with Gasteiger partial charge in [-0.25, -0.2) is 9.97 Å². The largest absolute Gasteiger partial charge is 0.308 e. The summed E-state index contributed by atoms with van der Waals surface area (Å²) < 4.78 is 0. The van der Waals surface area contributed by atoms with Crippen molar-refractivity contribution in [3.05, 3.63) is 222 Å². The third kappa shape index (κ3) is 5.03. The highest BCUT2D eigenvalue weighted by Gasteiger charge is 2.50. The van der Waals surface area contributed by atoms with Crippen LogP contribution in [0.5, 0.6) is 0 Å². The van der Waals surface area contributed by atoms with Crippen LogP contribution in [0.2, 0.25) is 0 Å². The molecule has 58 heavy (non-hydrogen) atoms. The molecule has 12 rings (SSSR count). The number of rotatable bonds is 4. The molecule has 0 saturated carbocycles. The van der Waals surface area contributed by atoms with Crippen molar-refractivity contribution in [2.45, 2.75) is 25.0 Å². The van der Waals surface area contributed by atoms with Crippen LogP contribution in [0.4, 0.5) is 17.1 Å². The van der Waals surface area contributed by atoms with Crippen molar-refractivity contribution in [3.63, 3.8) is 0 Å². The van der Waals surface area contributed by atoms with Crippen molar-refractivity contribution in [2.24, 2.45) is 0 Å². The summed E-state index contributed by atoms with van der Waals surface area (Å²) in [5, 5.41) is 0. The lowest BCUT2D eigenvalue weighted by molar-refractivity contribution is 0.722. The Labute approximate surface area is 346 Å². The van der Waals surface area contributed by atoms with Gasteiger partial charge < -0.3 is 4.90 Å². The number of fused-ring (bicyclic) bond motifs is 11. The monoisotopic (exact) mass is 775 g/mol. The Balaban J connectivity index is 1.02. The van der Waals surface area contributed by atoms with E-state index in [9.17, 15) is 0 Å². The van der Waals surface area contributed by atoms with Crippen LogP contribution < -0.4 is 4.90 Å². The Kier molecular flexibility index (Phi) is 7.62. The van der Waals surface area contributed by atoms with Gasteiger partial charge in [0.15, 0.2) is 5.82 Å². The lowest BCUT2D eigenvalue weighted by Gasteiger charge is -2.39. The molecule has 5 heteroatoms. The zero-order chi connectivity index (χ0) is 38.2. The average Bonchev–Trinajstić information content (AvgIpc) is 3.59. The molecule has 0 fully saturated rings. The minimum atomic E-state index is -0.460. The molecule has 0 N–H and O–H groups in total. The van der Waals surface area contributed by atoms with Crippen LogP contribution in [0.15, 0.2) is 220 Å². The van der Waals surface area contributed by atoms with E-state index in [1.54, 1.807) is 0 Å². The number of hydrogen-bond donors (Lipinski definition) is 0. The van der Waals surface area contributed by atoms with Crippen molar-refractivity contribution >= 4 is 40.6 Å². The second-order valence-corrected chi connectivity index (χ2v) is 17.1. The van der Waals surface area contributed by atoms with Crippen molar-refractivity contribution in [1.82, 2.24) is 9.97 Å². The molecule has 0 unspecified atom stereocenters. The van der Waals surface area contributed by atoms with Gasteiger partial charge >= 0.3 is 0 Å². The quantitative estimate of drug-likeness (QED) is 0.178. The molecule has 9 aromatic rings. The molecule has 0 radical (unpaired) electrons. The minimum Gasteiger partial charge on any atom is -0.308 e. The van der Waals surface area contributed by atoms with Gasteiger partial charge in [0, 0.05) is 42.0 Å². The Morgan fingerprint density at radius 3 is 1.53 bits per heavy atom. The fourth-order valence-corrected chi connectivity index (χ4v) is 11.5. The number of benzene rings is 8. The summed E-state index contributed by atoms with van der Waals surface area (Å²) in [6.07, 6.45) is 0. The highest BCUT2D eigenvalue weighted by Crippen LogP contribution is 2.62. The first-order chi connectivity index (χ1) is 28.7. The number of aromatic nitrogens is 2. The number of nitrogens with zero attached hydrogens (tertiary/aromatic N) is 3. The molecule has 0 saturated heterocycles. The van der Waals surface area contributed by atoms with Crippen LogP contribution in [0, 0.1) is 0 Å². The Morgan fingerprint density at radius 2 is 0.862 bits per heavy atom. The van der Waals surface area contributed by atoms with Crippen LogP contribution in [0.25, 0.3) is 45.0 Å². The summed E-state index contributed by atoms with van der Waals surface area (Å²) in [6.45, 7) is 0. The Hall–Kier alpha value is -6.66. The summed E-state index contributed by atoms with van der Waals surface area (Å²) >= 11 is 3.69. The number of para-hydroxylation sites is 2. The maximum atomic E-state index is 5.31. The first kappa shape index (κ1) is 33.5. The van der Waals surface area contributed by atoms with E-state index in [0.29, 0.717) is 5.82 Å². The number of anilines is 3.